The lowest BCUT2D eigenvalue weighted by Crippen LogP contribution is -2.50. The lowest BCUT2D eigenvalue weighted by Gasteiger charge is -2.28. The average molecular weight is 319 g/mol. The number of carboxylic acid groups (broad SMARTS) is 1. The zero-order valence-corrected chi connectivity index (χ0v) is 13.5. The van der Waals surface area contributed by atoms with Gasteiger partial charge >= 0.3 is 5.97 Å². The summed E-state index contributed by atoms with van der Waals surface area (Å²) in [4.78, 5) is 23.6. The molecule has 0 spiro atoms. The van der Waals surface area contributed by atoms with Crippen molar-refractivity contribution in [1.29, 1.82) is 0 Å². The van der Waals surface area contributed by atoms with E-state index in [1.54, 1.807) is 6.92 Å². The molecule has 0 aliphatic heterocycles. The number of amides is 1. The summed E-state index contributed by atoms with van der Waals surface area (Å²) in [7, 11) is 1.47. The molecule has 0 aliphatic carbocycles. The normalized spacial score (nSPS) is 13.7. The predicted molar refractivity (Wildman–Crippen MR) is 85.6 cm³/mol. The number of fused-ring (bicyclic) bond motifs is 1. The lowest BCUT2D eigenvalue weighted by atomic mass is 9.98. The summed E-state index contributed by atoms with van der Waals surface area (Å²) < 4.78 is 10.5. The van der Waals surface area contributed by atoms with Crippen molar-refractivity contribution in [2.24, 2.45) is 0 Å². The van der Waals surface area contributed by atoms with Gasteiger partial charge in [-0.15, -0.1) is 0 Å². The van der Waals surface area contributed by atoms with E-state index in [0.717, 1.165) is 17.4 Å². The van der Waals surface area contributed by atoms with Crippen molar-refractivity contribution < 1.29 is 23.8 Å². The molecule has 0 fully saturated rings. The summed E-state index contributed by atoms with van der Waals surface area (Å²) in [6.07, 6.45) is 2.01. The van der Waals surface area contributed by atoms with Crippen LogP contribution in [0.4, 0.5) is 0 Å². The first kappa shape index (κ1) is 17.0. The van der Waals surface area contributed by atoms with Crippen LogP contribution in [0, 0.1) is 0 Å². The molecule has 6 nitrogen and oxygen atoms in total. The molecular formula is C17H21NO5. The van der Waals surface area contributed by atoms with Gasteiger partial charge in [0.15, 0.2) is 0 Å². The molecule has 1 amide bonds. The Balaban J connectivity index is 2.30. The van der Waals surface area contributed by atoms with Crippen molar-refractivity contribution in [1.82, 2.24) is 5.32 Å². The quantitative estimate of drug-likeness (QED) is 0.819. The van der Waals surface area contributed by atoms with Crippen LogP contribution in [0.5, 0.6) is 0 Å². The van der Waals surface area contributed by atoms with Crippen molar-refractivity contribution >= 4 is 22.8 Å². The van der Waals surface area contributed by atoms with Crippen LogP contribution in [0.2, 0.25) is 0 Å². The number of methoxy groups -OCH3 is 1. The second-order valence-corrected chi connectivity index (χ2v) is 5.85. The second kappa shape index (κ2) is 6.83. The van der Waals surface area contributed by atoms with Gasteiger partial charge in [0.2, 0.25) is 0 Å². The number of rotatable bonds is 7. The second-order valence-electron chi connectivity index (χ2n) is 5.85. The van der Waals surface area contributed by atoms with Crippen LogP contribution in [-0.4, -0.2) is 36.2 Å². The third-order valence-corrected chi connectivity index (χ3v) is 3.71. The molecule has 0 radical (unpaired) electrons. The first-order valence-electron chi connectivity index (χ1n) is 7.42. The maximum Gasteiger partial charge on any atom is 0.305 e. The fourth-order valence-electron chi connectivity index (χ4n) is 2.60. The number of hydrogen-bond donors (Lipinski definition) is 2. The standard InChI is InChI=1S/C17H21NO5/c1-4-11-5-6-14-12(7-11)13(9-23-14)16(21)18-17(2,10-22-3)8-15(19)20/h5-7,9H,4,8,10H2,1-3H3,(H,18,21)(H,19,20). The number of aryl methyl sites for hydroxylation is 1. The highest BCUT2D eigenvalue weighted by Crippen LogP contribution is 2.24. The topological polar surface area (TPSA) is 88.8 Å². The molecule has 0 saturated carbocycles. The van der Waals surface area contributed by atoms with Gasteiger partial charge in [-0.25, -0.2) is 0 Å². The smallest absolute Gasteiger partial charge is 0.305 e. The van der Waals surface area contributed by atoms with Crippen molar-refractivity contribution in [2.75, 3.05) is 13.7 Å². The number of furan rings is 1. The Morgan fingerprint density at radius 1 is 1.39 bits per heavy atom. The molecule has 0 bridgehead atoms. The van der Waals surface area contributed by atoms with Crippen molar-refractivity contribution in [2.45, 2.75) is 32.2 Å². The maximum absolute atomic E-state index is 12.6. The number of nitrogens with one attached hydrogen (secondary N) is 1. The van der Waals surface area contributed by atoms with Gasteiger partial charge < -0.3 is 19.6 Å². The Kier molecular flexibility index (Phi) is 5.05. The van der Waals surface area contributed by atoms with Crippen LogP contribution < -0.4 is 5.32 Å². The van der Waals surface area contributed by atoms with Crippen LogP contribution >= 0.6 is 0 Å². The first-order chi connectivity index (χ1) is 10.9. The van der Waals surface area contributed by atoms with Crippen LogP contribution in [0.3, 0.4) is 0 Å². The summed E-state index contributed by atoms with van der Waals surface area (Å²) in [6, 6.07) is 5.70. The zero-order valence-electron chi connectivity index (χ0n) is 13.5. The maximum atomic E-state index is 12.6. The Morgan fingerprint density at radius 2 is 2.13 bits per heavy atom. The van der Waals surface area contributed by atoms with Crippen LogP contribution in [0.1, 0.15) is 36.2 Å². The first-order valence-corrected chi connectivity index (χ1v) is 7.42. The molecule has 2 rings (SSSR count). The predicted octanol–water partition coefficient (Wildman–Crippen LogP) is 2.60. The lowest BCUT2D eigenvalue weighted by molar-refractivity contribution is -0.139. The highest BCUT2D eigenvalue weighted by molar-refractivity contribution is 6.06. The number of hydrogen-bond acceptors (Lipinski definition) is 4. The molecule has 0 aliphatic rings. The molecule has 1 atom stereocenters. The van der Waals surface area contributed by atoms with Gasteiger partial charge in [0.25, 0.3) is 5.91 Å². The summed E-state index contributed by atoms with van der Waals surface area (Å²) in [6.45, 7) is 3.77. The molecule has 1 heterocycles. The number of aliphatic carboxylic acids is 1. The van der Waals surface area contributed by atoms with Gasteiger partial charge in [0, 0.05) is 12.5 Å². The van der Waals surface area contributed by atoms with Gasteiger partial charge in [-0.2, -0.15) is 0 Å². The number of carboxylic acids is 1. The van der Waals surface area contributed by atoms with Crippen molar-refractivity contribution in [3.8, 4) is 0 Å². The molecular weight excluding hydrogens is 298 g/mol. The SMILES string of the molecule is CCc1ccc2occ(C(=O)NC(C)(COC)CC(=O)O)c2c1. The average Bonchev–Trinajstić information content (AvgIpc) is 2.89. The molecule has 1 unspecified atom stereocenters. The van der Waals surface area contributed by atoms with Gasteiger partial charge in [-0.3, -0.25) is 9.59 Å². The largest absolute Gasteiger partial charge is 0.481 e. The van der Waals surface area contributed by atoms with Crippen LogP contribution in [0.15, 0.2) is 28.9 Å². The van der Waals surface area contributed by atoms with Gasteiger partial charge in [-0.05, 0) is 31.0 Å². The van der Waals surface area contributed by atoms with E-state index in [1.165, 1.54) is 13.4 Å². The highest BCUT2D eigenvalue weighted by atomic mass is 16.5. The molecule has 0 saturated heterocycles. The molecule has 1 aromatic carbocycles. The van der Waals surface area contributed by atoms with E-state index in [1.807, 2.05) is 25.1 Å². The Bertz CT molecular complexity index is 721. The number of carbonyl (C=O) groups is 2. The molecule has 6 heteroatoms. The van der Waals surface area contributed by atoms with E-state index < -0.39 is 11.5 Å². The minimum absolute atomic E-state index is 0.0982. The number of ether oxygens (including phenoxy) is 1. The Morgan fingerprint density at radius 3 is 2.74 bits per heavy atom. The Hall–Kier alpha value is -2.34. The van der Waals surface area contributed by atoms with E-state index in [4.69, 9.17) is 14.3 Å². The fraction of sp³-hybridized carbons (Fsp3) is 0.412. The highest BCUT2D eigenvalue weighted by Gasteiger charge is 2.31. The number of benzene rings is 1. The summed E-state index contributed by atoms with van der Waals surface area (Å²) >= 11 is 0. The molecule has 124 valence electrons. The van der Waals surface area contributed by atoms with Crippen molar-refractivity contribution in [3.63, 3.8) is 0 Å². The molecule has 23 heavy (non-hydrogen) atoms. The van der Waals surface area contributed by atoms with Crippen molar-refractivity contribution in [3.05, 3.63) is 35.6 Å². The van der Waals surface area contributed by atoms with E-state index >= 15 is 0 Å². The zero-order chi connectivity index (χ0) is 17.0. The molecule has 1 aromatic heterocycles. The number of carbonyl (C=O) groups excluding carboxylic acids is 1. The minimum Gasteiger partial charge on any atom is -0.481 e. The Labute approximate surface area is 134 Å². The van der Waals surface area contributed by atoms with E-state index in [0.29, 0.717) is 11.1 Å². The van der Waals surface area contributed by atoms with Gasteiger partial charge in [0.05, 0.1) is 24.1 Å². The van der Waals surface area contributed by atoms with E-state index in [-0.39, 0.29) is 18.9 Å². The van der Waals surface area contributed by atoms with Gasteiger partial charge in [-0.1, -0.05) is 13.0 Å². The molecule has 2 aromatic rings. The van der Waals surface area contributed by atoms with Crippen LogP contribution in [0.25, 0.3) is 11.0 Å². The van der Waals surface area contributed by atoms with E-state index in [9.17, 15) is 9.59 Å². The summed E-state index contributed by atoms with van der Waals surface area (Å²) in [5.74, 6) is -1.38. The fourth-order valence-corrected chi connectivity index (χ4v) is 2.60. The minimum atomic E-state index is -1.00. The van der Waals surface area contributed by atoms with Crippen LogP contribution in [-0.2, 0) is 16.0 Å². The summed E-state index contributed by atoms with van der Waals surface area (Å²) in [5.41, 5.74) is 1.11. The third kappa shape index (κ3) is 3.90. The van der Waals surface area contributed by atoms with E-state index in [2.05, 4.69) is 5.32 Å². The third-order valence-electron chi connectivity index (χ3n) is 3.71. The van der Waals surface area contributed by atoms with Gasteiger partial charge in [0.1, 0.15) is 11.8 Å². The summed E-state index contributed by atoms with van der Waals surface area (Å²) in [5, 5.41) is 12.5. The molecule has 2 N–H and O–H groups in total. The monoisotopic (exact) mass is 319 g/mol.